The largest absolute Gasteiger partial charge is 0.376 e. The summed E-state index contributed by atoms with van der Waals surface area (Å²) in [6.45, 7) is 8.93. The Morgan fingerprint density at radius 1 is 1.18 bits per heavy atom. The van der Waals surface area contributed by atoms with E-state index in [4.69, 9.17) is 4.74 Å². The van der Waals surface area contributed by atoms with Crippen LogP contribution in [0.2, 0.25) is 0 Å². The highest BCUT2D eigenvalue weighted by Crippen LogP contribution is 2.39. The van der Waals surface area contributed by atoms with Gasteiger partial charge in [0.1, 0.15) is 5.82 Å². The fourth-order valence-electron chi connectivity index (χ4n) is 7.04. The number of nitrogens with zero attached hydrogens (tertiary/aromatic N) is 1. The summed E-state index contributed by atoms with van der Waals surface area (Å²) < 4.78 is 34.6. The molecule has 1 saturated carbocycles. The molecule has 6 nitrogen and oxygen atoms in total. The van der Waals surface area contributed by atoms with Gasteiger partial charge in [-0.1, -0.05) is 25.5 Å². The summed E-state index contributed by atoms with van der Waals surface area (Å²) in [4.78, 5) is 13.4. The van der Waals surface area contributed by atoms with E-state index in [0.717, 1.165) is 82.3 Å². The van der Waals surface area contributed by atoms with Crippen molar-refractivity contribution in [2.45, 2.75) is 109 Å². The van der Waals surface area contributed by atoms with E-state index in [0.29, 0.717) is 24.3 Å². The van der Waals surface area contributed by atoms with Crippen LogP contribution in [-0.2, 0) is 20.5 Å². The summed E-state index contributed by atoms with van der Waals surface area (Å²) in [7, 11) is -0.901. The van der Waals surface area contributed by atoms with Gasteiger partial charge in [-0.05, 0) is 94.2 Å². The van der Waals surface area contributed by atoms with Gasteiger partial charge in [0.15, 0.2) is 0 Å². The van der Waals surface area contributed by atoms with Crippen molar-refractivity contribution in [1.82, 2.24) is 14.9 Å². The number of hydrogen-bond donors (Lipinski definition) is 2. The molecule has 1 amide bonds. The Labute approximate surface area is 231 Å². The Bertz CT molecular complexity index is 907. The van der Waals surface area contributed by atoms with Crippen LogP contribution in [0, 0.1) is 17.7 Å². The van der Waals surface area contributed by atoms with Crippen LogP contribution in [0.3, 0.4) is 0 Å². The van der Waals surface area contributed by atoms with E-state index in [9.17, 15) is 13.4 Å². The van der Waals surface area contributed by atoms with Crippen LogP contribution in [0.5, 0.6) is 0 Å². The third-order valence-corrected chi connectivity index (χ3v) is 10.6. The molecule has 0 bridgehead atoms. The molecule has 1 aromatic rings. The Balaban J connectivity index is 1.36. The van der Waals surface area contributed by atoms with Gasteiger partial charge in [0, 0.05) is 43.9 Å². The van der Waals surface area contributed by atoms with Gasteiger partial charge < -0.3 is 15.4 Å². The monoisotopic (exact) mass is 549 g/mol. The summed E-state index contributed by atoms with van der Waals surface area (Å²) >= 11 is 0. The number of nitrogens with one attached hydrogen (secondary N) is 2. The number of ether oxygens (including phenoxy) is 1. The zero-order chi connectivity index (χ0) is 27.1. The minimum Gasteiger partial charge on any atom is -0.376 e. The Hall–Kier alpha value is -1.35. The molecule has 1 aliphatic carbocycles. The van der Waals surface area contributed by atoms with Crippen LogP contribution in [0.15, 0.2) is 24.3 Å². The standard InChI is InChI=1S/C30H48FN3O3S/c1-4-16-38(36)34-15-14-32-20-27(34)13-10-24-6-5-7-29(24)33-30(35)19-28(23-8-11-26(31)12-9-23)25-17-21(2)37-22(3)18-25/h8-9,11-12,21-22,24-25,27-29,32H,4-7,10,13-20H2,1-3H3,(H,33,35)/t21?,22?,24-,25?,27?,28?,29?,38?/m1/s1. The summed E-state index contributed by atoms with van der Waals surface area (Å²) in [5, 5.41) is 6.89. The third-order valence-electron chi connectivity index (χ3n) is 8.82. The maximum absolute atomic E-state index is 13.7. The number of benzene rings is 1. The van der Waals surface area contributed by atoms with Crippen molar-refractivity contribution in [3.63, 3.8) is 0 Å². The molecule has 0 aromatic heterocycles. The molecule has 1 aromatic carbocycles. The van der Waals surface area contributed by atoms with Crippen molar-refractivity contribution in [3.05, 3.63) is 35.6 Å². The predicted octanol–water partition coefficient (Wildman–Crippen LogP) is 4.92. The fourth-order valence-corrected chi connectivity index (χ4v) is 8.44. The molecule has 8 heteroatoms. The first-order valence-corrected chi connectivity index (χ1v) is 16.2. The van der Waals surface area contributed by atoms with Crippen LogP contribution in [0.1, 0.15) is 90.0 Å². The van der Waals surface area contributed by atoms with Gasteiger partial charge in [-0.3, -0.25) is 4.79 Å². The summed E-state index contributed by atoms with van der Waals surface area (Å²) in [6.07, 6.45) is 8.87. The first-order valence-electron chi connectivity index (χ1n) is 14.9. The lowest BCUT2D eigenvalue weighted by molar-refractivity contribution is -0.123. The SMILES string of the molecule is CCCS(=O)N1CCNCC1CC[C@H]1CCCC1NC(=O)CC(c1ccc(F)cc1)C1CC(C)OC(C)C1. The molecule has 2 heterocycles. The van der Waals surface area contributed by atoms with E-state index in [-0.39, 0.29) is 35.9 Å². The van der Waals surface area contributed by atoms with Gasteiger partial charge in [0.2, 0.25) is 5.91 Å². The Morgan fingerprint density at radius 2 is 1.92 bits per heavy atom. The lowest BCUT2D eigenvalue weighted by Gasteiger charge is -2.37. The van der Waals surface area contributed by atoms with Crippen LogP contribution in [0.25, 0.3) is 0 Å². The molecule has 2 aliphatic heterocycles. The molecular formula is C30H48FN3O3S. The molecule has 0 radical (unpaired) electrons. The van der Waals surface area contributed by atoms with Crippen molar-refractivity contribution < 1.29 is 18.1 Å². The number of carbonyl (C=O) groups is 1. The quantitative estimate of drug-likeness (QED) is 0.411. The van der Waals surface area contributed by atoms with Gasteiger partial charge in [-0.2, -0.15) is 0 Å². The normalized spacial score (nSPS) is 32.1. The van der Waals surface area contributed by atoms with E-state index >= 15 is 0 Å². The van der Waals surface area contributed by atoms with Gasteiger partial charge >= 0.3 is 0 Å². The van der Waals surface area contributed by atoms with Crippen molar-refractivity contribution >= 4 is 16.9 Å². The number of halogens is 1. The van der Waals surface area contributed by atoms with Gasteiger partial charge in [-0.15, -0.1) is 0 Å². The number of rotatable bonds is 11. The number of amides is 1. The fraction of sp³-hybridized carbons (Fsp3) is 0.767. The van der Waals surface area contributed by atoms with E-state index in [2.05, 4.69) is 35.7 Å². The zero-order valence-electron chi connectivity index (χ0n) is 23.5. The molecule has 214 valence electrons. The van der Waals surface area contributed by atoms with Crippen LogP contribution < -0.4 is 10.6 Å². The topological polar surface area (TPSA) is 70.7 Å². The number of piperazine rings is 1. The molecule has 2 saturated heterocycles. The van der Waals surface area contributed by atoms with E-state index in [1.807, 2.05) is 12.1 Å². The minimum atomic E-state index is -0.901. The molecule has 7 atom stereocenters. The van der Waals surface area contributed by atoms with Crippen molar-refractivity contribution in [1.29, 1.82) is 0 Å². The van der Waals surface area contributed by atoms with Crippen LogP contribution in [0.4, 0.5) is 4.39 Å². The average molecular weight is 550 g/mol. The van der Waals surface area contributed by atoms with Crippen molar-refractivity contribution in [3.8, 4) is 0 Å². The summed E-state index contributed by atoms with van der Waals surface area (Å²) in [5.41, 5.74) is 1.04. The average Bonchev–Trinajstić information content (AvgIpc) is 3.33. The lowest BCUT2D eigenvalue weighted by atomic mass is 9.76. The molecule has 2 N–H and O–H groups in total. The first-order chi connectivity index (χ1) is 18.3. The number of carbonyl (C=O) groups excluding carboxylic acids is 1. The predicted molar refractivity (Wildman–Crippen MR) is 152 cm³/mol. The molecule has 4 rings (SSSR count). The number of hydrogen-bond acceptors (Lipinski definition) is 4. The third kappa shape index (κ3) is 8.09. The lowest BCUT2D eigenvalue weighted by Crippen LogP contribution is -2.52. The second kappa shape index (κ2) is 14.3. The summed E-state index contributed by atoms with van der Waals surface area (Å²) in [5.74, 6) is 1.45. The molecule has 3 fully saturated rings. The highest BCUT2D eigenvalue weighted by Gasteiger charge is 2.35. The molecular weight excluding hydrogens is 501 g/mol. The highest BCUT2D eigenvalue weighted by molar-refractivity contribution is 7.82. The van der Waals surface area contributed by atoms with Gasteiger partial charge in [0.25, 0.3) is 0 Å². The minimum absolute atomic E-state index is 0.0552. The van der Waals surface area contributed by atoms with E-state index in [1.54, 1.807) is 0 Å². The molecule has 38 heavy (non-hydrogen) atoms. The van der Waals surface area contributed by atoms with Crippen LogP contribution >= 0.6 is 0 Å². The van der Waals surface area contributed by atoms with Crippen molar-refractivity contribution in [2.75, 3.05) is 25.4 Å². The molecule has 6 unspecified atom stereocenters. The van der Waals surface area contributed by atoms with Gasteiger partial charge in [-0.25, -0.2) is 12.9 Å². The van der Waals surface area contributed by atoms with E-state index < -0.39 is 11.0 Å². The second-order valence-corrected chi connectivity index (χ2v) is 13.3. The first kappa shape index (κ1) is 29.6. The Kier molecular flexibility index (Phi) is 11.2. The summed E-state index contributed by atoms with van der Waals surface area (Å²) in [6, 6.07) is 7.22. The maximum atomic E-state index is 13.7. The van der Waals surface area contributed by atoms with E-state index in [1.165, 1.54) is 12.1 Å². The zero-order valence-corrected chi connectivity index (χ0v) is 24.3. The van der Waals surface area contributed by atoms with Crippen molar-refractivity contribution in [2.24, 2.45) is 11.8 Å². The maximum Gasteiger partial charge on any atom is 0.220 e. The van der Waals surface area contributed by atoms with Crippen LogP contribution in [-0.4, -0.2) is 64.1 Å². The smallest absolute Gasteiger partial charge is 0.220 e. The Morgan fingerprint density at radius 3 is 2.63 bits per heavy atom. The molecule has 3 aliphatic rings. The second-order valence-electron chi connectivity index (χ2n) is 11.8. The highest BCUT2D eigenvalue weighted by atomic mass is 32.2. The molecule has 0 spiro atoms. The van der Waals surface area contributed by atoms with Gasteiger partial charge in [0.05, 0.1) is 23.2 Å².